The summed E-state index contributed by atoms with van der Waals surface area (Å²) in [5.74, 6) is 0. The number of imidazole rings is 1. The number of piperazine rings is 1. The molecule has 5 nitrogen and oxygen atoms in total. The van der Waals surface area contributed by atoms with Crippen LogP contribution in [0.2, 0.25) is 0 Å². The first-order chi connectivity index (χ1) is 9.66. The molecule has 1 aromatic rings. The van der Waals surface area contributed by atoms with Gasteiger partial charge in [-0.3, -0.25) is 0 Å². The maximum atomic E-state index is 4.23. The molecule has 1 N–H and O–H groups in total. The van der Waals surface area contributed by atoms with Gasteiger partial charge in [-0.05, 0) is 40.4 Å². The lowest BCUT2D eigenvalue weighted by Gasteiger charge is -2.32. The largest absolute Gasteiger partial charge is 0.331 e. The molecule has 0 aromatic carbocycles. The van der Waals surface area contributed by atoms with Gasteiger partial charge in [0.05, 0.1) is 12.0 Å². The van der Waals surface area contributed by atoms with E-state index in [1.54, 1.807) is 0 Å². The van der Waals surface area contributed by atoms with E-state index in [9.17, 15) is 0 Å². The first-order valence-corrected chi connectivity index (χ1v) is 7.79. The third-order valence-electron chi connectivity index (χ3n) is 4.03. The maximum Gasteiger partial charge on any atom is 0.0951 e. The predicted molar refractivity (Wildman–Crippen MR) is 82.9 cm³/mol. The molecule has 0 atom stereocenters. The normalized spacial score (nSPS) is 18.0. The Balaban J connectivity index is 1.58. The highest BCUT2D eigenvalue weighted by atomic mass is 15.2. The van der Waals surface area contributed by atoms with Crippen molar-refractivity contribution in [1.82, 2.24) is 24.7 Å². The third-order valence-corrected chi connectivity index (χ3v) is 4.03. The Hall–Kier alpha value is -0.910. The van der Waals surface area contributed by atoms with Crippen molar-refractivity contribution < 1.29 is 0 Å². The van der Waals surface area contributed by atoms with Gasteiger partial charge in [-0.1, -0.05) is 0 Å². The van der Waals surface area contributed by atoms with E-state index in [2.05, 4.69) is 45.6 Å². The summed E-state index contributed by atoms with van der Waals surface area (Å²) in [5.41, 5.74) is 1.28. The van der Waals surface area contributed by atoms with Gasteiger partial charge in [-0.2, -0.15) is 0 Å². The predicted octanol–water partition coefficient (Wildman–Crippen LogP) is 1.19. The number of hydrogen-bond acceptors (Lipinski definition) is 4. The molecule has 2 rings (SSSR count). The number of aromatic nitrogens is 2. The molecule has 0 spiro atoms. The molecule has 0 saturated carbocycles. The SMILES string of the molecule is CC(C)n1cncc1CNCCCN1CCN(C)CC1. The minimum Gasteiger partial charge on any atom is -0.331 e. The average Bonchev–Trinajstić information content (AvgIpc) is 2.89. The Labute approximate surface area is 123 Å². The van der Waals surface area contributed by atoms with E-state index in [0.29, 0.717) is 6.04 Å². The minimum atomic E-state index is 0.486. The number of rotatable bonds is 7. The van der Waals surface area contributed by atoms with Gasteiger partial charge < -0.3 is 19.7 Å². The van der Waals surface area contributed by atoms with Crippen LogP contribution in [0, 0.1) is 0 Å². The molecule has 0 amide bonds. The zero-order valence-corrected chi connectivity index (χ0v) is 13.2. The summed E-state index contributed by atoms with van der Waals surface area (Å²) in [5, 5.41) is 3.53. The van der Waals surface area contributed by atoms with Crippen LogP contribution in [-0.2, 0) is 6.54 Å². The second-order valence-corrected chi connectivity index (χ2v) is 6.06. The van der Waals surface area contributed by atoms with Gasteiger partial charge in [0.15, 0.2) is 0 Å². The summed E-state index contributed by atoms with van der Waals surface area (Å²) in [7, 11) is 2.21. The van der Waals surface area contributed by atoms with E-state index in [4.69, 9.17) is 0 Å². The van der Waals surface area contributed by atoms with Gasteiger partial charge in [0, 0.05) is 45.0 Å². The molecule has 20 heavy (non-hydrogen) atoms. The third kappa shape index (κ3) is 4.58. The Kier molecular flexibility index (Phi) is 6.01. The second kappa shape index (κ2) is 7.76. The summed E-state index contributed by atoms with van der Waals surface area (Å²) in [6.07, 6.45) is 5.11. The quantitative estimate of drug-likeness (QED) is 0.761. The van der Waals surface area contributed by atoms with Crippen molar-refractivity contribution in [3.63, 3.8) is 0 Å². The van der Waals surface area contributed by atoms with Crippen LogP contribution in [0.4, 0.5) is 0 Å². The van der Waals surface area contributed by atoms with Gasteiger partial charge in [0.2, 0.25) is 0 Å². The van der Waals surface area contributed by atoms with E-state index < -0.39 is 0 Å². The fourth-order valence-corrected chi connectivity index (χ4v) is 2.65. The summed E-state index contributed by atoms with van der Waals surface area (Å²) < 4.78 is 2.23. The zero-order chi connectivity index (χ0) is 14.4. The molecule has 114 valence electrons. The monoisotopic (exact) mass is 279 g/mol. The Morgan fingerprint density at radius 1 is 1.25 bits per heavy atom. The lowest BCUT2D eigenvalue weighted by molar-refractivity contribution is 0.152. The Bertz CT molecular complexity index is 379. The van der Waals surface area contributed by atoms with Crippen molar-refractivity contribution in [2.45, 2.75) is 32.9 Å². The topological polar surface area (TPSA) is 36.3 Å². The smallest absolute Gasteiger partial charge is 0.0951 e. The highest BCUT2D eigenvalue weighted by Gasteiger charge is 2.12. The van der Waals surface area contributed by atoms with Crippen molar-refractivity contribution >= 4 is 0 Å². The fraction of sp³-hybridized carbons (Fsp3) is 0.800. The lowest BCUT2D eigenvalue weighted by atomic mass is 10.3. The van der Waals surface area contributed by atoms with Gasteiger partial charge in [-0.25, -0.2) is 4.98 Å². The zero-order valence-electron chi connectivity index (χ0n) is 13.2. The van der Waals surface area contributed by atoms with E-state index in [1.165, 1.54) is 44.8 Å². The molecule has 1 saturated heterocycles. The molecule has 1 fully saturated rings. The standard InChI is InChI=1S/C15H29N5/c1-14(2)20-13-17-12-15(20)11-16-5-4-6-19-9-7-18(3)8-10-19/h12-14,16H,4-11H2,1-3H3. The van der Waals surface area contributed by atoms with Crippen molar-refractivity contribution in [2.75, 3.05) is 46.3 Å². The molecular formula is C15H29N5. The molecule has 2 heterocycles. The number of nitrogens with one attached hydrogen (secondary N) is 1. The van der Waals surface area contributed by atoms with E-state index in [0.717, 1.165) is 13.1 Å². The van der Waals surface area contributed by atoms with Crippen LogP contribution in [-0.4, -0.2) is 65.7 Å². The van der Waals surface area contributed by atoms with Crippen molar-refractivity contribution in [3.8, 4) is 0 Å². The van der Waals surface area contributed by atoms with Crippen molar-refractivity contribution in [1.29, 1.82) is 0 Å². The Morgan fingerprint density at radius 3 is 2.70 bits per heavy atom. The molecule has 0 aliphatic carbocycles. The van der Waals surface area contributed by atoms with Crippen molar-refractivity contribution in [2.24, 2.45) is 0 Å². The first-order valence-electron chi connectivity index (χ1n) is 7.79. The van der Waals surface area contributed by atoms with Crippen molar-refractivity contribution in [3.05, 3.63) is 18.2 Å². The second-order valence-electron chi connectivity index (χ2n) is 6.06. The van der Waals surface area contributed by atoms with E-state index >= 15 is 0 Å². The first kappa shape index (κ1) is 15.5. The minimum absolute atomic E-state index is 0.486. The summed E-state index contributed by atoms with van der Waals surface area (Å²) in [6, 6.07) is 0.486. The van der Waals surface area contributed by atoms with Gasteiger partial charge >= 0.3 is 0 Å². The molecular weight excluding hydrogens is 250 g/mol. The van der Waals surface area contributed by atoms with Crippen LogP contribution in [0.1, 0.15) is 32.0 Å². The lowest BCUT2D eigenvalue weighted by Crippen LogP contribution is -2.45. The van der Waals surface area contributed by atoms with Gasteiger partial charge in [-0.15, -0.1) is 0 Å². The van der Waals surface area contributed by atoms with Crippen LogP contribution in [0.15, 0.2) is 12.5 Å². The highest BCUT2D eigenvalue weighted by molar-refractivity contribution is 4.99. The molecule has 0 bridgehead atoms. The van der Waals surface area contributed by atoms with E-state index in [-0.39, 0.29) is 0 Å². The molecule has 1 aliphatic rings. The summed E-state index contributed by atoms with van der Waals surface area (Å²) >= 11 is 0. The average molecular weight is 279 g/mol. The molecule has 0 radical (unpaired) electrons. The fourth-order valence-electron chi connectivity index (χ4n) is 2.65. The van der Waals surface area contributed by atoms with Crippen LogP contribution < -0.4 is 5.32 Å². The Morgan fingerprint density at radius 2 is 2.00 bits per heavy atom. The summed E-state index contributed by atoms with van der Waals surface area (Å²) in [4.78, 5) is 9.21. The van der Waals surface area contributed by atoms with Crippen LogP contribution in [0.5, 0.6) is 0 Å². The molecule has 1 aliphatic heterocycles. The molecule has 0 unspecified atom stereocenters. The van der Waals surface area contributed by atoms with E-state index in [1.807, 2.05) is 12.5 Å². The van der Waals surface area contributed by atoms with Gasteiger partial charge in [0.1, 0.15) is 0 Å². The highest BCUT2D eigenvalue weighted by Crippen LogP contribution is 2.08. The maximum absolute atomic E-state index is 4.23. The number of hydrogen-bond donors (Lipinski definition) is 1. The number of likely N-dealkylation sites (N-methyl/N-ethyl adjacent to an activating group) is 1. The number of nitrogens with zero attached hydrogens (tertiary/aromatic N) is 4. The van der Waals surface area contributed by atoms with Gasteiger partial charge in [0.25, 0.3) is 0 Å². The molecule has 5 heteroatoms. The molecule has 1 aromatic heterocycles. The van der Waals surface area contributed by atoms with Crippen LogP contribution in [0.25, 0.3) is 0 Å². The van der Waals surface area contributed by atoms with Crippen LogP contribution >= 0.6 is 0 Å². The summed E-state index contributed by atoms with van der Waals surface area (Å²) in [6.45, 7) is 12.5. The van der Waals surface area contributed by atoms with Crippen LogP contribution in [0.3, 0.4) is 0 Å².